The van der Waals surface area contributed by atoms with Gasteiger partial charge in [-0.05, 0) is 45.5 Å². The standard InChI is InChI=1S/C19H31N3.3ClH.2H2O/c1-20(2)12-7-13-22-18-10-6-11-19(22)16-21(15-18)14-17-8-4-3-5-9-17;;;;;/h3-5,8-9,18-19H,6-7,10-16H2,1-2H3;3*1H;2*1H2. The van der Waals surface area contributed by atoms with E-state index in [0.717, 1.165) is 18.6 Å². The van der Waals surface area contributed by atoms with Crippen LogP contribution >= 0.6 is 37.2 Å². The highest BCUT2D eigenvalue weighted by atomic mass is 35.5. The summed E-state index contributed by atoms with van der Waals surface area (Å²) in [5.41, 5.74) is 1.46. The molecule has 5 nitrogen and oxygen atoms in total. The van der Waals surface area contributed by atoms with Gasteiger partial charge in [0.2, 0.25) is 0 Å². The van der Waals surface area contributed by atoms with Crippen molar-refractivity contribution in [3.63, 3.8) is 0 Å². The SMILES string of the molecule is CN(C)CCCN1C2CCCC1CN(Cc1ccccc1)C2.Cl.Cl.Cl.O.O. The molecule has 2 atom stereocenters. The molecule has 0 aromatic heterocycles. The van der Waals surface area contributed by atoms with Crippen LogP contribution in [-0.2, 0) is 6.54 Å². The van der Waals surface area contributed by atoms with E-state index in [1.807, 2.05) is 0 Å². The van der Waals surface area contributed by atoms with Crippen LogP contribution in [-0.4, -0.2) is 78.0 Å². The Morgan fingerprint density at radius 1 is 0.926 bits per heavy atom. The summed E-state index contributed by atoms with van der Waals surface area (Å²) in [6, 6.07) is 12.5. The fourth-order valence-corrected chi connectivity index (χ4v) is 4.19. The van der Waals surface area contributed by atoms with Crippen molar-refractivity contribution in [3.8, 4) is 0 Å². The number of piperidine rings is 1. The van der Waals surface area contributed by atoms with Crippen LogP contribution in [0.4, 0.5) is 0 Å². The maximum atomic E-state index is 2.83. The summed E-state index contributed by atoms with van der Waals surface area (Å²) in [4.78, 5) is 7.82. The van der Waals surface area contributed by atoms with Crippen LogP contribution in [0.3, 0.4) is 0 Å². The molecule has 2 fully saturated rings. The highest BCUT2D eigenvalue weighted by molar-refractivity contribution is 5.86. The van der Waals surface area contributed by atoms with Gasteiger partial charge in [-0.2, -0.15) is 0 Å². The quantitative estimate of drug-likeness (QED) is 0.673. The normalized spacial score (nSPS) is 21.6. The van der Waals surface area contributed by atoms with Crippen molar-refractivity contribution in [3.05, 3.63) is 35.9 Å². The molecule has 0 saturated carbocycles. The molecule has 1 aromatic carbocycles. The van der Waals surface area contributed by atoms with Gasteiger partial charge >= 0.3 is 0 Å². The van der Waals surface area contributed by atoms with Crippen molar-refractivity contribution >= 4 is 37.2 Å². The summed E-state index contributed by atoms with van der Waals surface area (Å²) < 4.78 is 0. The Bertz CT molecular complexity index is 455. The number of hydrogen-bond donors (Lipinski definition) is 0. The summed E-state index contributed by atoms with van der Waals surface area (Å²) in [5.74, 6) is 0. The van der Waals surface area contributed by atoms with Gasteiger partial charge < -0.3 is 15.9 Å². The number of benzene rings is 1. The van der Waals surface area contributed by atoms with Crippen LogP contribution in [0.1, 0.15) is 31.2 Å². The Balaban J connectivity index is -0.00000115. The molecule has 2 aliphatic rings. The predicted octanol–water partition coefficient (Wildman–Crippen LogP) is 2.29. The Kier molecular flexibility index (Phi) is 18.4. The highest BCUT2D eigenvalue weighted by Crippen LogP contribution is 2.29. The molecule has 3 rings (SSSR count). The summed E-state index contributed by atoms with van der Waals surface area (Å²) in [6.45, 7) is 6.14. The largest absolute Gasteiger partial charge is 0.412 e. The Morgan fingerprint density at radius 2 is 1.48 bits per heavy atom. The zero-order valence-corrected chi connectivity index (χ0v) is 18.9. The minimum atomic E-state index is 0. The first-order valence-corrected chi connectivity index (χ1v) is 8.89. The molecule has 0 radical (unpaired) electrons. The van der Waals surface area contributed by atoms with E-state index in [1.165, 1.54) is 57.4 Å². The van der Waals surface area contributed by atoms with E-state index in [2.05, 4.69) is 59.1 Å². The van der Waals surface area contributed by atoms with Gasteiger partial charge in [0.15, 0.2) is 0 Å². The maximum Gasteiger partial charge on any atom is 0.0235 e. The molecular weight excluding hydrogens is 409 g/mol. The highest BCUT2D eigenvalue weighted by Gasteiger charge is 2.36. The number of hydrogen-bond acceptors (Lipinski definition) is 3. The molecular formula is C19H38Cl3N3O2. The Labute approximate surface area is 183 Å². The first kappa shape index (κ1) is 31.6. The molecule has 162 valence electrons. The number of halogens is 3. The number of likely N-dealkylation sites (tertiary alicyclic amines) is 1. The zero-order valence-electron chi connectivity index (χ0n) is 16.5. The fourth-order valence-electron chi connectivity index (χ4n) is 4.19. The molecule has 2 saturated heterocycles. The predicted molar refractivity (Wildman–Crippen MR) is 122 cm³/mol. The summed E-state index contributed by atoms with van der Waals surface area (Å²) in [6.07, 6.45) is 5.52. The molecule has 27 heavy (non-hydrogen) atoms. The van der Waals surface area contributed by atoms with Crippen LogP contribution in [0, 0.1) is 0 Å². The lowest BCUT2D eigenvalue weighted by atomic mass is 9.90. The van der Waals surface area contributed by atoms with E-state index >= 15 is 0 Å². The van der Waals surface area contributed by atoms with Gasteiger partial charge in [-0.1, -0.05) is 36.8 Å². The van der Waals surface area contributed by atoms with E-state index < -0.39 is 0 Å². The van der Waals surface area contributed by atoms with Gasteiger partial charge in [-0.25, -0.2) is 0 Å². The molecule has 8 heteroatoms. The second kappa shape index (κ2) is 15.8. The van der Waals surface area contributed by atoms with Gasteiger partial charge in [-0.3, -0.25) is 9.80 Å². The summed E-state index contributed by atoms with van der Waals surface area (Å²) >= 11 is 0. The third-order valence-electron chi connectivity index (χ3n) is 5.22. The van der Waals surface area contributed by atoms with E-state index in [0.29, 0.717) is 0 Å². The lowest BCUT2D eigenvalue weighted by molar-refractivity contribution is -0.0134. The average Bonchev–Trinajstić information content (AvgIpc) is 2.48. The van der Waals surface area contributed by atoms with Gasteiger partial charge in [0, 0.05) is 38.3 Å². The number of fused-ring (bicyclic) bond motifs is 2. The molecule has 2 unspecified atom stereocenters. The second-order valence-corrected chi connectivity index (χ2v) is 7.31. The lowest BCUT2D eigenvalue weighted by Crippen LogP contribution is -2.60. The minimum Gasteiger partial charge on any atom is -0.412 e. The minimum absolute atomic E-state index is 0. The number of nitrogens with zero attached hydrogens (tertiary/aromatic N) is 3. The molecule has 0 spiro atoms. The molecule has 4 N–H and O–H groups in total. The summed E-state index contributed by atoms with van der Waals surface area (Å²) in [5, 5.41) is 0. The van der Waals surface area contributed by atoms with E-state index in [-0.39, 0.29) is 48.2 Å². The van der Waals surface area contributed by atoms with Crippen LogP contribution in [0.2, 0.25) is 0 Å². The monoisotopic (exact) mass is 445 g/mol. The zero-order chi connectivity index (χ0) is 15.4. The Hall–Kier alpha value is -0.110. The van der Waals surface area contributed by atoms with Crippen LogP contribution in [0.25, 0.3) is 0 Å². The third kappa shape index (κ3) is 9.29. The first-order valence-electron chi connectivity index (χ1n) is 8.89. The van der Waals surface area contributed by atoms with Crippen molar-refractivity contribution in [2.24, 2.45) is 0 Å². The topological polar surface area (TPSA) is 72.7 Å². The van der Waals surface area contributed by atoms with Gasteiger partial charge in [-0.15, -0.1) is 37.2 Å². The van der Waals surface area contributed by atoms with Crippen molar-refractivity contribution in [2.75, 3.05) is 40.3 Å². The van der Waals surface area contributed by atoms with Gasteiger partial charge in [0.25, 0.3) is 0 Å². The number of piperazine rings is 1. The Morgan fingerprint density at radius 3 is 2.00 bits per heavy atom. The van der Waals surface area contributed by atoms with E-state index in [1.54, 1.807) is 0 Å². The van der Waals surface area contributed by atoms with Crippen LogP contribution < -0.4 is 0 Å². The molecule has 2 heterocycles. The van der Waals surface area contributed by atoms with Crippen molar-refractivity contribution in [1.82, 2.24) is 14.7 Å². The molecule has 2 aliphatic heterocycles. The van der Waals surface area contributed by atoms with Crippen molar-refractivity contribution < 1.29 is 11.0 Å². The van der Waals surface area contributed by atoms with E-state index in [9.17, 15) is 0 Å². The first-order chi connectivity index (χ1) is 10.7. The van der Waals surface area contributed by atoms with E-state index in [4.69, 9.17) is 0 Å². The number of rotatable bonds is 6. The summed E-state index contributed by atoms with van der Waals surface area (Å²) in [7, 11) is 4.36. The lowest BCUT2D eigenvalue weighted by Gasteiger charge is -2.50. The second-order valence-electron chi connectivity index (χ2n) is 7.31. The molecule has 0 amide bonds. The molecule has 1 aromatic rings. The van der Waals surface area contributed by atoms with Crippen LogP contribution in [0.5, 0.6) is 0 Å². The van der Waals surface area contributed by atoms with Crippen molar-refractivity contribution in [1.29, 1.82) is 0 Å². The van der Waals surface area contributed by atoms with Gasteiger partial charge in [0.05, 0.1) is 0 Å². The van der Waals surface area contributed by atoms with Crippen LogP contribution in [0.15, 0.2) is 30.3 Å². The molecule has 0 aliphatic carbocycles. The smallest absolute Gasteiger partial charge is 0.0235 e. The molecule has 2 bridgehead atoms. The maximum absolute atomic E-state index is 2.83. The fraction of sp³-hybridized carbons (Fsp3) is 0.684. The van der Waals surface area contributed by atoms with Crippen molar-refractivity contribution in [2.45, 2.75) is 44.3 Å². The average molecular weight is 447 g/mol. The van der Waals surface area contributed by atoms with Gasteiger partial charge in [0.1, 0.15) is 0 Å². The third-order valence-corrected chi connectivity index (χ3v) is 5.22.